The van der Waals surface area contributed by atoms with Crippen LogP contribution in [0.15, 0.2) is 42.5 Å². The van der Waals surface area contributed by atoms with Gasteiger partial charge in [0.05, 0.1) is 26.2 Å². The van der Waals surface area contributed by atoms with E-state index in [9.17, 15) is 13.2 Å². The number of carbonyl (C=O) groups is 1. The van der Waals surface area contributed by atoms with Gasteiger partial charge in [-0.2, -0.15) is 0 Å². The van der Waals surface area contributed by atoms with Crippen molar-refractivity contribution in [3.63, 3.8) is 0 Å². The molecule has 1 saturated heterocycles. The largest absolute Gasteiger partial charge is 0.310 e. The summed E-state index contributed by atoms with van der Waals surface area (Å²) in [5.41, 5.74) is 0.781. The van der Waals surface area contributed by atoms with E-state index in [1.807, 2.05) is 42.5 Å². The lowest BCUT2D eigenvalue weighted by molar-refractivity contribution is -0.125. The van der Waals surface area contributed by atoms with Gasteiger partial charge in [-0.05, 0) is 30.2 Å². The van der Waals surface area contributed by atoms with Gasteiger partial charge in [0.1, 0.15) is 9.43 Å². The number of fused-ring (bicyclic) bond motifs is 1. The Morgan fingerprint density at radius 1 is 1.10 bits per heavy atom. The van der Waals surface area contributed by atoms with Crippen molar-refractivity contribution in [3.05, 3.63) is 48.0 Å². The van der Waals surface area contributed by atoms with Gasteiger partial charge in [0, 0.05) is 23.3 Å². The molecule has 0 N–H and O–H groups in total. The Kier molecular flexibility index (Phi) is 7.70. The average Bonchev–Trinajstić information content (AvgIpc) is 2.95. The highest BCUT2D eigenvalue weighted by molar-refractivity contribution is 8.99. The maximum Gasteiger partial charge on any atom is 0.247 e. The molecule has 0 radical (unpaired) electrons. The Labute approximate surface area is 184 Å². The van der Waals surface area contributed by atoms with E-state index in [0.29, 0.717) is 13.2 Å². The van der Waals surface area contributed by atoms with Crippen LogP contribution < -0.4 is 0 Å². The predicted octanol–water partition coefficient (Wildman–Crippen LogP) is 4.91. The molecule has 158 valence electrons. The van der Waals surface area contributed by atoms with Crippen molar-refractivity contribution < 1.29 is 21.6 Å². The molecule has 0 bridgehead atoms. The number of carbonyl (C=O) groups excluding carboxylic acids is 1. The predicted molar refractivity (Wildman–Crippen MR) is 125 cm³/mol. The summed E-state index contributed by atoms with van der Waals surface area (Å²) in [5, 5.41) is 1.92. The minimum atomic E-state index is -3.94. The van der Waals surface area contributed by atoms with Gasteiger partial charge >= 0.3 is 0 Å². The standard InChI is InChI=1S/C18H22NO5PS4/c1-3-23-27-25(26,28-24-4-2)18-12-17(20)19(29(18,21)22)13-15-10-7-9-14-8-5-6-11-16(14)15/h5-11,18H,3-4,12-13H2,1-2H3. The molecular formula is C18H22NO5PS4. The second-order valence-electron chi connectivity index (χ2n) is 6.24. The van der Waals surface area contributed by atoms with Crippen LogP contribution in [-0.4, -0.2) is 36.8 Å². The first kappa shape index (κ1) is 23.1. The molecule has 3 rings (SSSR count). The van der Waals surface area contributed by atoms with Crippen LogP contribution in [0.1, 0.15) is 25.8 Å². The van der Waals surface area contributed by atoms with Crippen molar-refractivity contribution in [2.45, 2.75) is 31.8 Å². The zero-order valence-corrected chi connectivity index (χ0v) is 20.2. The quantitative estimate of drug-likeness (QED) is 0.362. The number of sulfonamides is 1. The minimum Gasteiger partial charge on any atom is -0.310 e. The normalized spacial score (nSPS) is 19.2. The number of rotatable bonds is 9. The molecular weight excluding hydrogens is 469 g/mol. The molecule has 1 aliphatic heterocycles. The number of hydrogen-bond donors (Lipinski definition) is 0. The van der Waals surface area contributed by atoms with Gasteiger partial charge in [-0.1, -0.05) is 54.3 Å². The lowest BCUT2D eigenvalue weighted by atomic mass is 10.0. The van der Waals surface area contributed by atoms with Crippen LogP contribution in [0.5, 0.6) is 0 Å². The Balaban J connectivity index is 1.93. The average molecular weight is 492 g/mol. The highest BCUT2D eigenvalue weighted by atomic mass is 33.2. The minimum absolute atomic E-state index is 0.00699. The molecule has 1 fully saturated rings. The number of nitrogens with zero attached hydrogens (tertiary/aromatic N) is 1. The second kappa shape index (κ2) is 9.68. The third-order valence-electron chi connectivity index (χ3n) is 4.37. The molecule has 0 aromatic heterocycles. The fourth-order valence-corrected chi connectivity index (χ4v) is 15.3. The summed E-state index contributed by atoms with van der Waals surface area (Å²) in [7, 11) is -3.94. The van der Waals surface area contributed by atoms with Crippen molar-refractivity contribution >= 4 is 66.3 Å². The van der Waals surface area contributed by atoms with Gasteiger partial charge in [-0.15, -0.1) is 0 Å². The molecule has 1 heterocycles. The first-order valence-electron chi connectivity index (χ1n) is 9.06. The highest BCUT2D eigenvalue weighted by Crippen LogP contribution is 2.76. The Hall–Kier alpha value is -0.610. The molecule has 2 aromatic rings. The topological polar surface area (TPSA) is 72.9 Å². The first-order valence-corrected chi connectivity index (χ1v) is 16.1. The molecule has 1 atom stereocenters. The highest BCUT2D eigenvalue weighted by Gasteiger charge is 2.53. The van der Waals surface area contributed by atoms with E-state index in [1.54, 1.807) is 13.8 Å². The maximum absolute atomic E-state index is 13.3. The van der Waals surface area contributed by atoms with Crippen molar-refractivity contribution in [3.8, 4) is 0 Å². The molecule has 6 nitrogen and oxygen atoms in total. The SMILES string of the molecule is CCOSP(=S)(SOCC)C1CC(=O)N(Cc2cccc3ccccc23)S1(=O)=O. The van der Waals surface area contributed by atoms with Crippen molar-refractivity contribution in [2.24, 2.45) is 0 Å². The molecule has 11 heteroatoms. The summed E-state index contributed by atoms with van der Waals surface area (Å²) in [5.74, 6) is -0.439. The number of benzene rings is 2. The van der Waals surface area contributed by atoms with Gasteiger partial charge in [0.15, 0.2) is 0 Å². The van der Waals surface area contributed by atoms with Crippen LogP contribution in [0.25, 0.3) is 10.8 Å². The Bertz CT molecular complexity index is 1030. The van der Waals surface area contributed by atoms with Crippen LogP contribution in [-0.2, 0) is 41.5 Å². The summed E-state index contributed by atoms with van der Waals surface area (Å²) < 4.78 is 35.7. The number of amides is 1. The van der Waals surface area contributed by atoms with Crippen LogP contribution in [0, 0.1) is 0 Å². The Morgan fingerprint density at radius 3 is 2.38 bits per heavy atom. The van der Waals surface area contributed by atoms with E-state index >= 15 is 0 Å². The van der Waals surface area contributed by atoms with E-state index < -0.39 is 25.4 Å². The van der Waals surface area contributed by atoms with Gasteiger partial charge in [-0.3, -0.25) is 4.79 Å². The molecule has 1 unspecified atom stereocenters. The molecule has 1 amide bonds. The van der Waals surface area contributed by atoms with Gasteiger partial charge in [0.2, 0.25) is 15.9 Å². The van der Waals surface area contributed by atoms with Crippen molar-refractivity contribution in [2.75, 3.05) is 13.2 Å². The lowest BCUT2D eigenvalue weighted by Gasteiger charge is -2.25. The first-order chi connectivity index (χ1) is 13.8. The zero-order valence-electron chi connectivity index (χ0n) is 16.0. The second-order valence-corrected chi connectivity index (χ2v) is 19.3. The van der Waals surface area contributed by atoms with E-state index in [1.165, 1.54) is 0 Å². The molecule has 0 aliphatic carbocycles. The third-order valence-corrected chi connectivity index (χ3v) is 17.5. The van der Waals surface area contributed by atoms with Crippen LogP contribution in [0.2, 0.25) is 0 Å². The van der Waals surface area contributed by atoms with Crippen LogP contribution >= 0.6 is 27.8 Å². The summed E-state index contributed by atoms with van der Waals surface area (Å²) in [6.45, 7) is 4.37. The van der Waals surface area contributed by atoms with Crippen molar-refractivity contribution in [1.82, 2.24) is 4.31 Å². The van der Waals surface area contributed by atoms with Crippen LogP contribution in [0.4, 0.5) is 0 Å². The number of hydrogen-bond acceptors (Lipinski definition) is 8. The summed E-state index contributed by atoms with van der Waals surface area (Å²) in [6.07, 6.45) is -0.148. The summed E-state index contributed by atoms with van der Waals surface area (Å²) in [4.78, 5) is 11.7. The van der Waals surface area contributed by atoms with Crippen LogP contribution in [0.3, 0.4) is 0 Å². The van der Waals surface area contributed by atoms with E-state index in [4.69, 9.17) is 20.2 Å². The summed E-state index contributed by atoms with van der Waals surface area (Å²) in [6, 6.07) is 13.4. The molecule has 1 aliphatic rings. The smallest absolute Gasteiger partial charge is 0.247 e. The van der Waals surface area contributed by atoms with E-state index in [2.05, 4.69) is 0 Å². The molecule has 2 aromatic carbocycles. The molecule has 29 heavy (non-hydrogen) atoms. The van der Waals surface area contributed by atoms with E-state index in [0.717, 1.165) is 44.0 Å². The van der Waals surface area contributed by atoms with Crippen molar-refractivity contribution in [1.29, 1.82) is 0 Å². The zero-order chi connectivity index (χ0) is 21.1. The molecule has 0 saturated carbocycles. The monoisotopic (exact) mass is 491 g/mol. The fourth-order valence-electron chi connectivity index (χ4n) is 3.04. The van der Waals surface area contributed by atoms with Gasteiger partial charge in [-0.25, -0.2) is 12.7 Å². The summed E-state index contributed by atoms with van der Waals surface area (Å²) >= 11 is 7.68. The molecule has 0 spiro atoms. The van der Waals surface area contributed by atoms with E-state index in [-0.39, 0.29) is 13.0 Å². The third kappa shape index (κ3) is 4.84. The van der Waals surface area contributed by atoms with Gasteiger partial charge in [0.25, 0.3) is 0 Å². The van der Waals surface area contributed by atoms with Gasteiger partial charge < -0.3 is 8.37 Å². The maximum atomic E-state index is 13.3. The Morgan fingerprint density at radius 2 is 1.72 bits per heavy atom. The fraction of sp³-hybridized carbons (Fsp3) is 0.389. The lowest BCUT2D eigenvalue weighted by Crippen LogP contribution is -2.31.